The molecule has 0 bridgehead atoms. The first-order chi connectivity index (χ1) is 16.3. The van der Waals surface area contributed by atoms with E-state index in [9.17, 15) is 18.3 Å². The monoisotopic (exact) mass is 499 g/mol. The highest BCUT2D eigenvalue weighted by Gasteiger charge is 2.35. The minimum atomic E-state index is -3.80. The molecular weight excluding hydrogens is 462 g/mol. The topological polar surface area (TPSA) is 118 Å². The third-order valence-corrected chi connectivity index (χ3v) is 7.78. The highest BCUT2D eigenvalue weighted by atomic mass is 32.2. The lowest BCUT2D eigenvalue weighted by Gasteiger charge is -2.35. The molecule has 2 aliphatic rings. The molecule has 2 aliphatic heterocycles. The maximum absolute atomic E-state index is 13.3. The minimum Gasteiger partial charge on any atom is -0.444 e. The van der Waals surface area contributed by atoms with Crippen molar-refractivity contribution in [2.24, 2.45) is 5.92 Å². The van der Waals surface area contributed by atoms with Crippen molar-refractivity contribution < 1.29 is 32.5 Å². The molecule has 1 aromatic carbocycles. The molecule has 2 N–H and O–H groups in total. The molecule has 3 atom stereocenters. The van der Waals surface area contributed by atoms with Crippen LogP contribution in [0, 0.1) is 5.92 Å². The molecular formula is C23H37N3O7S. The van der Waals surface area contributed by atoms with Gasteiger partial charge in [0.1, 0.15) is 6.10 Å². The summed E-state index contributed by atoms with van der Waals surface area (Å²) in [5.41, 5.74) is 0.905. The van der Waals surface area contributed by atoms with Gasteiger partial charge in [-0.2, -0.15) is 17.0 Å². The van der Waals surface area contributed by atoms with E-state index in [1.807, 2.05) is 44.2 Å². The number of benzene rings is 1. The molecule has 0 aliphatic carbocycles. The number of morpholine rings is 1. The number of carbonyl (C=O) groups is 1. The van der Waals surface area contributed by atoms with Gasteiger partial charge in [0.25, 0.3) is 10.2 Å². The summed E-state index contributed by atoms with van der Waals surface area (Å²) < 4.78 is 45.4. The Morgan fingerprint density at radius 1 is 1.18 bits per heavy atom. The fraction of sp³-hybridized carbons (Fsp3) is 0.696. The van der Waals surface area contributed by atoms with Crippen molar-refractivity contribution in [1.29, 1.82) is 0 Å². The highest BCUT2D eigenvalue weighted by Crippen LogP contribution is 2.17. The second-order valence-corrected chi connectivity index (χ2v) is 11.1. The summed E-state index contributed by atoms with van der Waals surface area (Å²) in [7, 11) is -3.80. The Morgan fingerprint density at radius 3 is 2.50 bits per heavy atom. The zero-order chi connectivity index (χ0) is 24.6. The molecule has 0 aromatic heterocycles. The first-order valence-corrected chi connectivity index (χ1v) is 13.2. The molecule has 3 rings (SSSR count). The standard InChI is InChI=1S/C23H37N3O7S/c1-18(2)15-26(34(29,30)25-9-12-31-13-10-25)16-22(27)21(14-19-6-4-3-5-7-19)24-23(28)33-20-8-11-32-17-20/h3-7,18,20-22,27H,8-17H2,1-2H3,(H,24,28)/t20-,21-,22+/m0/s1. The molecule has 0 spiro atoms. The van der Waals surface area contributed by atoms with Crippen LogP contribution < -0.4 is 5.32 Å². The van der Waals surface area contributed by atoms with E-state index in [2.05, 4.69) is 5.32 Å². The van der Waals surface area contributed by atoms with Crippen LogP contribution in [0.4, 0.5) is 4.79 Å². The zero-order valence-corrected chi connectivity index (χ0v) is 20.8. The van der Waals surface area contributed by atoms with Gasteiger partial charge >= 0.3 is 6.09 Å². The van der Waals surface area contributed by atoms with Crippen molar-refractivity contribution in [2.45, 2.75) is 44.9 Å². The number of nitrogens with one attached hydrogen (secondary N) is 1. The Hall–Kier alpha value is -1.76. The van der Waals surface area contributed by atoms with Crippen molar-refractivity contribution >= 4 is 16.3 Å². The maximum atomic E-state index is 13.3. The van der Waals surface area contributed by atoms with Crippen LogP contribution in [0.2, 0.25) is 0 Å². The van der Waals surface area contributed by atoms with Crippen LogP contribution in [0.15, 0.2) is 30.3 Å². The number of hydrogen-bond donors (Lipinski definition) is 2. The first-order valence-electron chi connectivity index (χ1n) is 11.9. The molecule has 1 amide bonds. The molecule has 34 heavy (non-hydrogen) atoms. The van der Waals surface area contributed by atoms with Crippen molar-refractivity contribution in [1.82, 2.24) is 13.9 Å². The smallest absolute Gasteiger partial charge is 0.407 e. The number of alkyl carbamates (subject to hydrolysis) is 1. The number of carbonyl (C=O) groups excluding carboxylic acids is 1. The lowest BCUT2D eigenvalue weighted by atomic mass is 10.0. The second-order valence-electron chi connectivity index (χ2n) is 9.13. The third kappa shape index (κ3) is 7.89. The van der Waals surface area contributed by atoms with E-state index in [4.69, 9.17) is 14.2 Å². The number of nitrogens with zero attached hydrogens (tertiary/aromatic N) is 2. The second kappa shape index (κ2) is 12.8. The van der Waals surface area contributed by atoms with Crippen molar-refractivity contribution in [3.05, 3.63) is 35.9 Å². The van der Waals surface area contributed by atoms with E-state index in [-0.39, 0.29) is 38.2 Å². The molecule has 2 fully saturated rings. The van der Waals surface area contributed by atoms with E-state index in [0.717, 1.165) is 5.56 Å². The Morgan fingerprint density at radius 2 is 1.88 bits per heavy atom. The summed E-state index contributed by atoms with van der Waals surface area (Å²) in [6.07, 6.45) is -1.18. The third-order valence-electron chi connectivity index (χ3n) is 5.81. The highest BCUT2D eigenvalue weighted by molar-refractivity contribution is 7.86. The van der Waals surface area contributed by atoms with Crippen molar-refractivity contribution in [2.75, 3.05) is 52.6 Å². The van der Waals surface area contributed by atoms with E-state index in [0.29, 0.717) is 39.3 Å². The molecule has 1 aromatic rings. The molecule has 2 saturated heterocycles. The lowest BCUT2D eigenvalue weighted by molar-refractivity contribution is 0.0589. The summed E-state index contributed by atoms with van der Waals surface area (Å²) in [5.74, 6) is 0.0517. The summed E-state index contributed by atoms with van der Waals surface area (Å²) >= 11 is 0. The average molecular weight is 500 g/mol. The number of hydrogen-bond acceptors (Lipinski definition) is 7. The van der Waals surface area contributed by atoms with Crippen LogP contribution in [0.3, 0.4) is 0 Å². The van der Waals surface area contributed by atoms with Crippen LogP contribution in [0.5, 0.6) is 0 Å². The van der Waals surface area contributed by atoms with Crippen LogP contribution in [-0.4, -0.2) is 99.1 Å². The van der Waals surface area contributed by atoms with Gasteiger partial charge in [0.05, 0.1) is 38.6 Å². The lowest BCUT2D eigenvalue weighted by Crippen LogP contribution is -2.55. The normalized spacial score (nSPS) is 21.5. The number of aliphatic hydroxyl groups is 1. The number of aliphatic hydroxyl groups excluding tert-OH is 1. The Kier molecular flexibility index (Phi) is 10.1. The Labute approximate surface area is 202 Å². The Bertz CT molecular complexity index is 857. The predicted octanol–water partition coefficient (Wildman–Crippen LogP) is 1.01. The summed E-state index contributed by atoms with van der Waals surface area (Å²) in [5, 5.41) is 13.9. The summed E-state index contributed by atoms with van der Waals surface area (Å²) in [4.78, 5) is 12.6. The van der Waals surface area contributed by atoms with Crippen LogP contribution in [0.25, 0.3) is 0 Å². The predicted molar refractivity (Wildman–Crippen MR) is 127 cm³/mol. The molecule has 0 saturated carbocycles. The van der Waals surface area contributed by atoms with E-state index in [1.54, 1.807) is 0 Å². The van der Waals surface area contributed by atoms with Gasteiger partial charge in [0, 0.05) is 32.6 Å². The van der Waals surface area contributed by atoms with Gasteiger partial charge in [0.15, 0.2) is 0 Å². The largest absolute Gasteiger partial charge is 0.444 e. The minimum absolute atomic E-state index is 0.0517. The Balaban J connectivity index is 1.74. The van der Waals surface area contributed by atoms with E-state index in [1.165, 1.54) is 8.61 Å². The zero-order valence-electron chi connectivity index (χ0n) is 20.0. The molecule has 11 heteroatoms. The van der Waals surface area contributed by atoms with Crippen molar-refractivity contribution in [3.63, 3.8) is 0 Å². The average Bonchev–Trinajstić information content (AvgIpc) is 3.32. The van der Waals surface area contributed by atoms with Crippen LogP contribution in [0.1, 0.15) is 25.8 Å². The van der Waals surface area contributed by atoms with Gasteiger partial charge in [-0.15, -0.1) is 0 Å². The van der Waals surface area contributed by atoms with Gasteiger partial charge in [-0.3, -0.25) is 0 Å². The van der Waals surface area contributed by atoms with Gasteiger partial charge in [0.2, 0.25) is 0 Å². The fourth-order valence-corrected chi connectivity index (χ4v) is 5.81. The SMILES string of the molecule is CC(C)CN(C[C@@H](O)[C@H](Cc1ccccc1)NC(=O)O[C@H]1CCOC1)S(=O)(=O)N1CCOCC1. The van der Waals surface area contributed by atoms with Crippen LogP contribution in [-0.2, 0) is 30.8 Å². The van der Waals surface area contributed by atoms with Crippen molar-refractivity contribution in [3.8, 4) is 0 Å². The van der Waals surface area contributed by atoms with Crippen LogP contribution >= 0.6 is 0 Å². The van der Waals surface area contributed by atoms with Gasteiger partial charge in [-0.1, -0.05) is 44.2 Å². The van der Waals surface area contributed by atoms with E-state index < -0.39 is 28.4 Å². The summed E-state index contributed by atoms with van der Waals surface area (Å²) in [6.45, 7) is 6.06. The number of ether oxygens (including phenoxy) is 3. The van der Waals surface area contributed by atoms with Gasteiger partial charge in [-0.05, 0) is 17.9 Å². The number of amides is 1. The number of rotatable bonds is 11. The molecule has 192 valence electrons. The quantitative estimate of drug-likeness (QED) is 0.467. The van der Waals surface area contributed by atoms with E-state index >= 15 is 0 Å². The van der Waals surface area contributed by atoms with Gasteiger partial charge in [-0.25, -0.2) is 4.79 Å². The fourth-order valence-electron chi connectivity index (χ4n) is 4.04. The molecule has 0 radical (unpaired) electrons. The molecule has 10 nitrogen and oxygen atoms in total. The first kappa shape index (κ1) is 26.8. The summed E-state index contributed by atoms with van der Waals surface area (Å²) in [6, 6.07) is 8.69. The molecule has 0 unspecified atom stereocenters. The maximum Gasteiger partial charge on any atom is 0.407 e. The van der Waals surface area contributed by atoms with Gasteiger partial charge < -0.3 is 24.6 Å². The molecule has 2 heterocycles.